The smallest absolute Gasteiger partial charge is 0.255 e. The van der Waals surface area contributed by atoms with Gasteiger partial charge in [0.15, 0.2) is 0 Å². The Morgan fingerprint density at radius 2 is 1.79 bits per heavy atom. The van der Waals surface area contributed by atoms with Crippen molar-refractivity contribution in [1.29, 1.82) is 0 Å². The molecule has 2 aromatic carbocycles. The maximum absolute atomic E-state index is 12.0. The van der Waals surface area contributed by atoms with Crippen LogP contribution in [0.4, 0.5) is 11.4 Å². The van der Waals surface area contributed by atoms with Crippen LogP contribution >= 0.6 is 11.6 Å². The molecule has 0 aliphatic rings. The number of nitrogens with one attached hydrogen (secondary N) is 2. The maximum atomic E-state index is 12.0. The molecule has 0 heterocycles. The lowest BCUT2D eigenvalue weighted by molar-refractivity contribution is 0.102. The van der Waals surface area contributed by atoms with E-state index < -0.39 is 0 Å². The van der Waals surface area contributed by atoms with Crippen LogP contribution in [0.1, 0.15) is 10.4 Å². The molecule has 5 heteroatoms. The first-order valence-corrected chi connectivity index (χ1v) is 6.05. The van der Waals surface area contributed by atoms with Crippen molar-refractivity contribution in [2.75, 3.05) is 17.7 Å². The van der Waals surface area contributed by atoms with Crippen LogP contribution in [0.2, 0.25) is 5.02 Å². The quantitative estimate of drug-likeness (QED) is 0.806. The first-order chi connectivity index (χ1) is 9.08. The fraction of sp³-hybridized carbons (Fsp3) is 0.0714. The van der Waals surface area contributed by atoms with Crippen LogP contribution in [0.3, 0.4) is 0 Å². The second-order valence-electron chi connectivity index (χ2n) is 3.98. The first kappa shape index (κ1) is 13.2. The summed E-state index contributed by atoms with van der Waals surface area (Å²) in [5, 5.41) is 15.7. The van der Waals surface area contributed by atoms with Gasteiger partial charge in [-0.05, 0) is 36.4 Å². The number of hydrogen-bond acceptors (Lipinski definition) is 3. The van der Waals surface area contributed by atoms with Crippen molar-refractivity contribution in [1.82, 2.24) is 0 Å². The maximum Gasteiger partial charge on any atom is 0.255 e. The molecule has 0 saturated heterocycles. The van der Waals surface area contributed by atoms with Crippen LogP contribution in [0.5, 0.6) is 5.75 Å². The zero-order valence-corrected chi connectivity index (χ0v) is 11.0. The summed E-state index contributed by atoms with van der Waals surface area (Å²) >= 11 is 5.77. The van der Waals surface area contributed by atoms with Gasteiger partial charge in [-0.1, -0.05) is 11.6 Å². The minimum absolute atomic E-state index is 0.0353. The van der Waals surface area contributed by atoms with Gasteiger partial charge in [0.05, 0.1) is 0 Å². The van der Waals surface area contributed by atoms with E-state index in [9.17, 15) is 9.90 Å². The van der Waals surface area contributed by atoms with Crippen molar-refractivity contribution >= 4 is 28.9 Å². The lowest BCUT2D eigenvalue weighted by Gasteiger charge is -2.08. The zero-order chi connectivity index (χ0) is 13.8. The van der Waals surface area contributed by atoms with Gasteiger partial charge in [-0.2, -0.15) is 0 Å². The average Bonchev–Trinajstić information content (AvgIpc) is 2.40. The van der Waals surface area contributed by atoms with Crippen LogP contribution in [-0.2, 0) is 0 Å². The van der Waals surface area contributed by atoms with Gasteiger partial charge in [0, 0.05) is 35.1 Å². The molecule has 0 radical (unpaired) electrons. The van der Waals surface area contributed by atoms with Crippen molar-refractivity contribution < 1.29 is 9.90 Å². The van der Waals surface area contributed by atoms with Crippen LogP contribution in [0, 0.1) is 0 Å². The molecule has 0 aromatic heterocycles. The topological polar surface area (TPSA) is 61.4 Å². The van der Waals surface area contributed by atoms with Crippen molar-refractivity contribution in [2.45, 2.75) is 0 Å². The van der Waals surface area contributed by atoms with Gasteiger partial charge in [0.1, 0.15) is 5.75 Å². The highest BCUT2D eigenvalue weighted by Gasteiger charge is 2.08. The van der Waals surface area contributed by atoms with E-state index >= 15 is 0 Å². The van der Waals surface area contributed by atoms with Crippen molar-refractivity contribution in [3.63, 3.8) is 0 Å². The molecule has 2 aromatic rings. The number of carbonyl (C=O) groups is 1. The van der Waals surface area contributed by atoms with E-state index in [0.29, 0.717) is 22.0 Å². The number of phenols is 1. The number of phenolic OH excluding ortho intramolecular Hbond substituents is 1. The predicted octanol–water partition coefficient (Wildman–Crippen LogP) is 3.34. The largest absolute Gasteiger partial charge is 0.508 e. The minimum Gasteiger partial charge on any atom is -0.508 e. The summed E-state index contributed by atoms with van der Waals surface area (Å²) in [5.41, 5.74) is 1.68. The standard InChI is InChI=1S/C14H13ClN2O2/c1-16-12-6-9(7-13(18)8-12)14(19)17-11-4-2-10(15)3-5-11/h2-8,16,18H,1H3,(H,17,19). The second kappa shape index (κ2) is 5.63. The number of rotatable bonds is 3. The third kappa shape index (κ3) is 3.39. The molecule has 0 atom stereocenters. The van der Waals surface area contributed by atoms with Gasteiger partial charge in [-0.15, -0.1) is 0 Å². The summed E-state index contributed by atoms with van der Waals surface area (Å²) in [7, 11) is 1.72. The summed E-state index contributed by atoms with van der Waals surface area (Å²) < 4.78 is 0. The summed E-state index contributed by atoms with van der Waals surface area (Å²) in [5.74, 6) is -0.261. The molecule has 19 heavy (non-hydrogen) atoms. The Morgan fingerprint density at radius 3 is 2.42 bits per heavy atom. The fourth-order valence-corrected chi connectivity index (χ4v) is 1.75. The molecule has 0 aliphatic carbocycles. The number of benzene rings is 2. The highest BCUT2D eigenvalue weighted by Crippen LogP contribution is 2.21. The second-order valence-corrected chi connectivity index (χ2v) is 4.42. The van der Waals surface area contributed by atoms with Gasteiger partial charge in [0.2, 0.25) is 0 Å². The van der Waals surface area contributed by atoms with Crippen molar-refractivity contribution in [2.24, 2.45) is 0 Å². The monoisotopic (exact) mass is 276 g/mol. The Balaban J connectivity index is 2.20. The van der Waals surface area contributed by atoms with Crippen LogP contribution in [0.25, 0.3) is 0 Å². The van der Waals surface area contributed by atoms with E-state index in [2.05, 4.69) is 10.6 Å². The van der Waals surface area contributed by atoms with Gasteiger partial charge in [0.25, 0.3) is 5.91 Å². The molecule has 0 saturated carbocycles. The third-order valence-electron chi connectivity index (χ3n) is 2.57. The van der Waals surface area contributed by atoms with Crippen molar-refractivity contribution in [3.8, 4) is 5.75 Å². The lowest BCUT2D eigenvalue weighted by Crippen LogP contribution is -2.12. The summed E-state index contributed by atoms with van der Waals surface area (Å²) in [6.45, 7) is 0. The molecule has 1 amide bonds. The van der Waals surface area contributed by atoms with E-state index in [1.54, 1.807) is 43.4 Å². The molecule has 2 rings (SSSR count). The van der Waals surface area contributed by atoms with Crippen molar-refractivity contribution in [3.05, 3.63) is 53.1 Å². The predicted molar refractivity (Wildman–Crippen MR) is 77.1 cm³/mol. The number of anilines is 2. The minimum atomic E-state index is -0.297. The molecule has 0 aliphatic heterocycles. The molecule has 0 spiro atoms. The molecule has 0 unspecified atom stereocenters. The number of halogens is 1. The number of hydrogen-bond donors (Lipinski definition) is 3. The summed E-state index contributed by atoms with van der Waals surface area (Å²) in [6, 6.07) is 11.4. The molecule has 0 bridgehead atoms. The van der Waals surface area contributed by atoms with Gasteiger partial charge in [-0.3, -0.25) is 4.79 Å². The van der Waals surface area contributed by atoms with Crippen LogP contribution < -0.4 is 10.6 Å². The first-order valence-electron chi connectivity index (χ1n) is 5.67. The van der Waals surface area contributed by atoms with E-state index in [1.807, 2.05) is 0 Å². The van der Waals surface area contributed by atoms with E-state index in [1.165, 1.54) is 6.07 Å². The Kier molecular flexibility index (Phi) is 3.92. The van der Waals surface area contributed by atoms with Gasteiger partial charge in [-0.25, -0.2) is 0 Å². The zero-order valence-electron chi connectivity index (χ0n) is 10.3. The molecular weight excluding hydrogens is 264 g/mol. The molecule has 4 nitrogen and oxygen atoms in total. The highest BCUT2D eigenvalue weighted by atomic mass is 35.5. The lowest BCUT2D eigenvalue weighted by atomic mass is 10.1. The SMILES string of the molecule is CNc1cc(O)cc(C(=O)Nc2ccc(Cl)cc2)c1. The number of carbonyl (C=O) groups excluding carboxylic acids is 1. The Bertz CT molecular complexity index is 597. The Hall–Kier alpha value is -2.20. The molecule has 98 valence electrons. The number of aromatic hydroxyl groups is 1. The van der Waals surface area contributed by atoms with E-state index in [-0.39, 0.29) is 11.7 Å². The summed E-state index contributed by atoms with van der Waals surface area (Å²) in [4.78, 5) is 12.0. The average molecular weight is 277 g/mol. The Labute approximate surface area is 116 Å². The van der Waals surface area contributed by atoms with E-state index in [0.717, 1.165) is 0 Å². The third-order valence-corrected chi connectivity index (χ3v) is 2.82. The summed E-state index contributed by atoms with van der Waals surface area (Å²) in [6.07, 6.45) is 0. The van der Waals surface area contributed by atoms with Crippen LogP contribution in [0.15, 0.2) is 42.5 Å². The highest BCUT2D eigenvalue weighted by molar-refractivity contribution is 6.30. The fourth-order valence-electron chi connectivity index (χ4n) is 1.62. The van der Waals surface area contributed by atoms with Gasteiger partial charge >= 0.3 is 0 Å². The molecular formula is C14H13ClN2O2. The Morgan fingerprint density at radius 1 is 1.11 bits per heavy atom. The normalized spacial score (nSPS) is 10.0. The van der Waals surface area contributed by atoms with Gasteiger partial charge < -0.3 is 15.7 Å². The molecule has 0 fully saturated rings. The number of amides is 1. The molecule has 3 N–H and O–H groups in total. The van der Waals surface area contributed by atoms with Crippen LogP contribution in [-0.4, -0.2) is 18.1 Å². The van der Waals surface area contributed by atoms with E-state index in [4.69, 9.17) is 11.6 Å².